The molecule has 0 radical (unpaired) electrons. The Kier molecular flexibility index (Phi) is 5.31. The Balaban J connectivity index is 1.90. The topological polar surface area (TPSA) is 57.4 Å². The van der Waals surface area contributed by atoms with Crippen LogP contribution in [0.4, 0.5) is 5.82 Å². The second kappa shape index (κ2) is 7.64. The normalized spacial score (nSPS) is 10.5. The van der Waals surface area contributed by atoms with Crippen LogP contribution in [0.15, 0.2) is 54.7 Å². The Bertz CT molecular complexity index is 880. The second-order valence-corrected chi connectivity index (χ2v) is 6.11. The van der Waals surface area contributed by atoms with Crippen LogP contribution in [-0.4, -0.2) is 12.1 Å². The molecule has 6 heteroatoms. The number of hydrogen-bond acceptors (Lipinski definition) is 4. The number of anilines is 1. The van der Waals surface area contributed by atoms with E-state index in [0.717, 1.165) is 16.9 Å². The van der Waals surface area contributed by atoms with Gasteiger partial charge >= 0.3 is 0 Å². The molecule has 0 aliphatic carbocycles. The Morgan fingerprint density at radius 1 is 1.00 bits per heavy atom. The Hall–Kier alpha value is -2.43. The molecule has 1 aromatic heterocycles. The summed E-state index contributed by atoms with van der Waals surface area (Å²) >= 11 is 12.3. The lowest BCUT2D eigenvalue weighted by Crippen LogP contribution is -2.02. The highest BCUT2D eigenvalue weighted by Gasteiger charge is 2.12. The van der Waals surface area contributed by atoms with Crippen molar-refractivity contribution in [2.75, 3.05) is 12.8 Å². The predicted octanol–water partition coefficient (Wildman–Crippen LogP) is 5.23. The molecule has 2 aromatic carbocycles. The Morgan fingerprint density at radius 2 is 1.72 bits per heavy atom. The molecule has 0 spiro atoms. The number of aromatic nitrogens is 1. The molecule has 0 amide bonds. The number of nitrogens with two attached hydrogens (primary N) is 1. The van der Waals surface area contributed by atoms with E-state index in [-0.39, 0.29) is 6.61 Å². The largest absolute Gasteiger partial charge is 0.496 e. The van der Waals surface area contributed by atoms with Crippen LogP contribution in [0.5, 0.6) is 11.5 Å². The van der Waals surface area contributed by atoms with Crippen molar-refractivity contribution in [1.29, 1.82) is 0 Å². The molecular formula is C19H16Cl2N2O2. The first-order valence-electron chi connectivity index (χ1n) is 7.54. The molecule has 0 saturated carbocycles. The van der Waals surface area contributed by atoms with E-state index in [1.807, 2.05) is 30.3 Å². The standard InChI is InChI=1S/C19H16Cl2N2O2/c1-24-17-8-3-2-5-13(17)12-9-18(19(22)23-10-12)25-11-14-15(20)6-4-7-16(14)21/h2-10H,11H2,1H3,(H2,22,23). The molecule has 0 bridgehead atoms. The highest BCUT2D eigenvalue weighted by Crippen LogP contribution is 2.34. The van der Waals surface area contributed by atoms with Crippen LogP contribution in [0.25, 0.3) is 11.1 Å². The summed E-state index contributed by atoms with van der Waals surface area (Å²) in [6.45, 7) is 0.194. The number of hydrogen-bond donors (Lipinski definition) is 1. The predicted molar refractivity (Wildman–Crippen MR) is 101 cm³/mol. The number of ether oxygens (including phenoxy) is 2. The van der Waals surface area contributed by atoms with Gasteiger partial charge in [-0.1, -0.05) is 47.5 Å². The quantitative estimate of drug-likeness (QED) is 0.664. The molecule has 3 rings (SSSR count). The fourth-order valence-corrected chi connectivity index (χ4v) is 2.93. The van der Waals surface area contributed by atoms with Gasteiger partial charge in [-0.25, -0.2) is 4.98 Å². The molecule has 0 atom stereocenters. The molecule has 0 aliphatic rings. The van der Waals surface area contributed by atoms with Crippen molar-refractivity contribution >= 4 is 29.0 Å². The second-order valence-electron chi connectivity index (χ2n) is 5.30. The monoisotopic (exact) mass is 374 g/mol. The minimum absolute atomic E-state index is 0.194. The van der Waals surface area contributed by atoms with Crippen LogP contribution in [0.2, 0.25) is 10.0 Å². The van der Waals surface area contributed by atoms with Crippen molar-refractivity contribution in [3.63, 3.8) is 0 Å². The summed E-state index contributed by atoms with van der Waals surface area (Å²) in [6.07, 6.45) is 1.68. The number of pyridine rings is 1. The summed E-state index contributed by atoms with van der Waals surface area (Å²) in [5.41, 5.74) is 8.39. The van der Waals surface area contributed by atoms with Crippen LogP contribution < -0.4 is 15.2 Å². The lowest BCUT2D eigenvalue weighted by atomic mass is 10.1. The molecule has 1 heterocycles. The number of rotatable bonds is 5. The van der Waals surface area contributed by atoms with Crippen molar-refractivity contribution in [2.24, 2.45) is 0 Å². The maximum absolute atomic E-state index is 6.17. The fourth-order valence-electron chi connectivity index (χ4n) is 2.42. The van der Waals surface area contributed by atoms with Crippen LogP contribution >= 0.6 is 23.2 Å². The van der Waals surface area contributed by atoms with Gasteiger partial charge < -0.3 is 15.2 Å². The zero-order valence-electron chi connectivity index (χ0n) is 13.5. The van der Waals surface area contributed by atoms with Crippen molar-refractivity contribution < 1.29 is 9.47 Å². The van der Waals surface area contributed by atoms with E-state index in [0.29, 0.717) is 27.2 Å². The maximum atomic E-state index is 6.17. The van der Waals surface area contributed by atoms with Crippen molar-refractivity contribution in [3.8, 4) is 22.6 Å². The smallest absolute Gasteiger partial charge is 0.166 e. The molecule has 0 fully saturated rings. The summed E-state index contributed by atoms with van der Waals surface area (Å²) in [4.78, 5) is 4.22. The van der Waals surface area contributed by atoms with Crippen LogP contribution in [0, 0.1) is 0 Å². The van der Waals surface area contributed by atoms with Gasteiger partial charge in [0.25, 0.3) is 0 Å². The number of benzene rings is 2. The summed E-state index contributed by atoms with van der Waals surface area (Å²) in [5.74, 6) is 1.50. The number of methoxy groups -OCH3 is 1. The van der Waals surface area contributed by atoms with Gasteiger partial charge in [0.1, 0.15) is 12.4 Å². The van der Waals surface area contributed by atoms with Gasteiger partial charge in [-0.3, -0.25) is 0 Å². The van der Waals surface area contributed by atoms with Crippen molar-refractivity contribution in [3.05, 3.63) is 70.3 Å². The highest BCUT2D eigenvalue weighted by molar-refractivity contribution is 6.35. The average Bonchev–Trinajstić information content (AvgIpc) is 2.62. The van der Waals surface area contributed by atoms with E-state index in [1.165, 1.54) is 0 Å². The van der Waals surface area contributed by atoms with Crippen molar-refractivity contribution in [1.82, 2.24) is 4.98 Å². The van der Waals surface area contributed by atoms with Crippen LogP contribution in [0.3, 0.4) is 0 Å². The summed E-state index contributed by atoms with van der Waals surface area (Å²) in [5, 5.41) is 1.08. The maximum Gasteiger partial charge on any atom is 0.166 e. The van der Waals surface area contributed by atoms with E-state index in [4.69, 9.17) is 38.4 Å². The number of para-hydroxylation sites is 1. The Labute approximate surface area is 156 Å². The highest BCUT2D eigenvalue weighted by atomic mass is 35.5. The minimum atomic E-state index is 0.194. The number of nitrogen functional groups attached to an aromatic ring is 1. The van der Waals surface area contributed by atoms with Gasteiger partial charge in [-0.15, -0.1) is 0 Å². The zero-order valence-corrected chi connectivity index (χ0v) is 15.0. The molecule has 25 heavy (non-hydrogen) atoms. The average molecular weight is 375 g/mol. The molecule has 3 aromatic rings. The van der Waals surface area contributed by atoms with Gasteiger partial charge in [-0.2, -0.15) is 0 Å². The van der Waals surface area contributed by atoms with Crippen molar-refractivity contribution in [2.45, 2.75) is 6.61 Å². The van der Waals surface area contributed by atoms with Gasteiger partial charge in [0, 0.05) is 32.9 Å². The van der Waals surface area contributed by atoms with Gasteiger partial charge in [0.05, 0.1) is 7.11 Å². The lowest BCUT2D eigenvalue weighted by molar-refractivity contribution is 0.307. The van der Waals surface area contributed by atoms with E-state index in [9.17, 15) is 0 Å². The lowest BCUT2D eigenvalue weighted by Gasteiger charge is -2.13. The first-order valence-corrected chi connectivity index (χ1v) is 8.30. The minimum Gasteiger partial charge on any atom is -0.496 e. The summed E-state index contributed by atoms with van der Waals surface area (Å²) in [6, 6.07) is 14.8. The van der Waals surface area contributed by atoms with E-state index in [2.05, 4.69) is 4.98 Å². The van der Waals surface area contributed by atoms with E-state index < -0.39 is 0 Å². The third kappa shape index (κ3) is 3.81. The first kappa shape index (κ1) is 17.4. The third-order valence-electron chi connectivity index (χ3n) is 3.73. The van der Waals surface area contributed by atoms with Gasteiger partial charge in [0.15, 0.2) is 11.6 Å². The Morgan fingerprint density at radius 3 is 2.44 bits per heavy atom. The number of halogens is 2. The molecule has 0 saturated heterocycles. The first-order chi connectivity index (χ1) is 12.1. The number of nitrogens with zero attached hydrogens (tertiary/aromatic N) is 1. The molecule has 4 nitrogen and oxygen atoms in total. The fraction of sp³-hybridized carbons (Fsp3) is 0.105. The summed E-state index contributed by atoms with van der Waals surface area (Å²) < 4.78 is 11.2. The van der Waals surface area contributed by atoms with E-state index in [1.54, 1.807) is 31.5 Å². The summed E-state index contributed by atoms with van der Waals surface area (Å²) in [7, 11) is 1.63. The molecule has 128 valence electrons. The van der Waals surface area contributed by atoms with Gasteiger partial charge in [0.2, 0.25) is 0 Å². The third-order valence-corrected chi connectivity index (χ3v) is 4.44. The molecular weight excluding hydrogens is 359 g/mol. The molecule has 0 unspecified atom stereocenters. The molecule has 2 N–H and O–H groups in total. The van der Waals surface area contributed by atoms with Crippen LogP contribution in [0.1, 0.15) is 5.56 Å². The molecule has 0 aliphatic heterocycles. The van der Waals surface area contributed by atoms with Crippen LogP contribution in [-0.2, 0) is 6.61 Å². The van der Waals surface area contributed by atoms with Gasteiger partial charge in [-0.05, 0) is 24.3 Å². The van der Waals surface area contributed by atoms with E-state index >= 15 is 0 Å². The zero-order chi connectivity index (χ0) is 17.8. The SMILES string of the molecule is COc1ccccc1-c1cnc(N)c(OCc2c(Cl)cccc2Cl)c1.